The van der Waals surface area contributed by atoms with Crippen LogP contribution in [-0.4, -0.2) is 41.8 Å². The molecule has 0 bridgehead atoms. The average molecular weight is 476 g/mol. The summed E-state index contributed by atoms with van der Waals surface area (Å²) < 4.78 is 16.5. The zero-order valence-electron chi connectivity index (χ0n) is 19.8. The van der Waals surface area contributed by atoms with Gasteiger partial charge in [0.05, 0.1) is 25.2 Å². The van der Waals surface area contributed by atoms with Crippen molar-refractivity contribution in [1.29, 1.82) is 0 Å². The van der Waals surface area contributed by atoms with Crippen LogP contribution in [0.4, 0.5) is 4.79 Å². The van der Waals surface area contributed by atoms with Crippen LogP contribution in [0.3, 0.4) is 0 Å². The Bertz CT molecular complexity index is 1150. The van der Waals surface area contributed by atoms with Crippen LogP contribution in [0.15, 0.2) is 78.9 Å². The van der Waals surface area contributed by atoms with Crippen LogP contribution in [0.2, 0.25) is 0 Å². The first-order chi connectivity index (χ1) is 17.0. The number of imide groups is 1. The molecule has 3 aromatic carbocycles. The molecule has 182 valence electrons. The van der Waals surface area contributed by atoms with E-state index in [9.17, 15) is 14.7 Å². The summed E-state index contributed by atoms with van der Waals surface area (Å²) in [5.41, 5.74) is 2.50. The van der Waals surface area contributed by atoms with Crippen LogP contribution in [0.25, 0.3) is 0 Å². The highest BCUT2D eigenvalue weighted by molar-refractivity contribution is 5.95. The maximum atomic E-state index is 13.3. The first kappa shape index (κ1) is 24.3. The van der Waals surface area contributed by atoms with E-state index in [1.165, 1.54) is 7.11 Å². The van der Waals surface area contributed by atoms with Gasteiger partial charge in [-0.05, 0) is 35.2 Å². The van der Waals surface area contributed by atoms with Crippen LogP contribution in [-0.2, 0) is 22.6 Å². The molecule has 0 saturated carbocycles. The van der Waals surface area contributed by atoms with E-state index >= 15 is 0 Å². The van der Waals surface area contributed by atoms with E-state index in [1.54, 1.807) is 25.1 Å². The lowest BCUT2D eigenvalue weighted by molar-refractivity contribution is -0.136. The molecule has 35 heavy (non-hydrogen) atoms. The van der Waals surface area contributed by atoms with Gasteiger partial charge in [0.15, 0.2) is 11.5 Å². The van der Waals surface area contributed by atoms with E-state index in [0.717, 1.165) is 16.0 Å². The van der Waals surface area contributed by atoms with Crippen LogP contribution in [0, 0.1) is 5.92 Å². The van der Waals surface area contributed by atoms with Gasteiger partial charge in [0.1, 0.15) is 13.2 Å². The SMILES string of the molecule is COc1cc([C@@H](O)[C@@H](C)C(=O)N2C(=O)OC[C@@H]2Cc2ccccc2)ccc1OCc1ccccc1. The second kappa shape index (κ2) is 11.1. The van der Waals surface area contributed by atoms with Crippen molar-refractivity contribution in [2.75, 3.05) is 13.7 Å². The van der Waals surface area contributed by atoms with Crippen LogP contribution in [0.5, 0.6) is 11.5 Å². The maximum Gasteiger partial charge on any atom is 0.416 e. The van der Waals surface area contributed by atoms with Crippen LogP contribution < -0.4 is 9.47 Å². The number of rotatable bonds is 9. The fourth-order valence-corrected chi connectivity index (χ4v) is 4.13. The number of hydrogen-bond acceptors (Lipinski definition) is 6. The number of cyclic esters (lactones) is 1. The molecule has 3 aromatic rings. The normalized spacial score (nSPS) is 16.9. The van der Waals surface area contributed by atoms with Gasteiger partial charge in [-0.3, -0.25) is 4.79 Å². The number of nitrogens with zero attached hydrogens (tertiary/aromatic N) is 1. The molecule has 1 heterocycles. The Balaban J connectivity index is 1.46. The minimum atomic E-state index is -1.15. The summed E-state index contributed by atoms with van der Waals surface area (Å²) in [6.45, 7) is 2.10. The number of amides is 2. The van der Waals surface area contributed by atoms with Crippen molar-refractivity contribution in [3.63, 3.8) is 0 Å². The van der Waals surface area contributed by atoms with E-state index < -0.39 is 30.1 Å². The van der Waals surface area contributed by atoms with E-state index in [4.69, 9.17) is 14.2 Å². The third-order valence-electron chi connectivity index (χ3n) is 6.14. The molecule has 0 spiro atoms. The molecule has 7 heteroatoms. The molecule has 1 N–H and O–H groups in total. The topological polar surface area (TPSA) is 85.3 Å². The summed E-state index contributed by atoms with van der Waals surface area (Å²) in [6, 6.07) is 24.0. The number of aliphatic hydroxyl groups is 1. The minimum absolute atomic E-state index is 0.129. The number of carbonyl (C=O) groups excluding carboxylic acids is 2. The lowest BCUT2D eigenvalue weighted by Crippen LogP contribution is -2.44. The van der Waals surface area contributed by atoms with Crippen molar-refractivity contribution in [2.24, 2.45) is 5.92 Å². The summed E-state index contributed by atoms with van der Waals surface area (Å²) in [7, 11) is 1.52. The van der Waals surface area contributed by atoms with E-state index in [2.05, 4.69) is 0 Å². The zero-order valence-corrected chi connectivity index (χ0v) is 19.8. The molecule has 0 aromatic heterocycles. The maximum absolute atomic E-state index is 13.3. The van der Waals surface area contributed by atoms with Crippen LogP contribution >= 0.6 is 0 Å². The number of ether oxygens (including phenoxy) is 3. The fourth-order valence-electron chi connectivity index (χ4n) is 4.13. The monoisotopic (exact) mass is 475 g/mol. The van der Waals surface area contributed by atoms with Gasteiger partial charge >= 0.3 is 6.09 Å². The van der Waals surface area contributed by atoms with Crippen molar-refractivity contribution in [3.8, 4) is 11.5 Å². The van der Waals surface area contributed by atoms with E-state index in [0.29, 0.717) is 30.1 Å². The van der Waals surface area contributed by atoms with Gasteiger partial charge in [0.25, 0.3) is 0 Å². The number of carbonyl (C=O) groups is 2. The largest absolute Gasteiger partial charge is 0.493 e. The third-order valence-corrected chi connectivity index (χ3v) is 6.14. The second-order valence-electron chi connectivity index (χ2n) is 8.55. The molecule has 3 atom stereocenters. The third kappa shape index (κ3) is 5.63. The van der Waals surface area contributed by atoms with Crippen molar-refractivity contribution in [1.82, 2.24) is 4.90 Å². The Labute approximate surface area is 204 Å². The highest BCUT2D eigenvalue weighted by Gasteiger charge is 2.41. The van der Waals surface area contributed by atoms with Gasteiger partial charge in [0, 0.05) is 0 Å². The molecular weight excluding hydrogens is 446 g/mol. The molecule has 0 unspecified atom stereocenters. The summed E-state index contributed by atoms with van der Waals surface area (Å²) in [5.74, 6) is -0.388. The highest BCUT2D eigenvalue weighted by atomic mass is 16.6. The van der Waals surface area contributed by atoms with E-state index in [-0.39, 0.29) is 6.61 Å². The number of hydrogen-bond donors (Lipinski definition) is 1. The summed E-state index contributed by atoms with van der Waals surface area (Å²) in [4.78, 5) is 26.8. The molecule has 7 nitrogen and oxygen atoms in total. The van der Waals surface area contributed by atoms with Gasteiger partial charge in [-0.1, -0.05) is 73.7 Å². The van der Waals surface area contributed by atoms with Gasteiger partial charge in [-0.25, -0.2) is 9.69 Å². The number of methoxy groups -OCH3 is 1. The molecule has 0 aliphatic carbocycles. The number of aliphatic hydroxyl groups excluding tert-OH is 1. The number of benzene rings is 3. The Morgan fingerprint density at radius 1 is 1.03 bits per heavy atom. The lowest BCUT2D eigenvalue weighted by Gasteiger charge is -2.26. The van der Waals surface area contributed by atoms with Crippen molar-refractivity contribution >= 4 is 12.0 Å². The molecular formula is C28H29NO6. The Morgan fingerprint density at radius 2 is 1.69 bits per heavy atom. The standard InChI is InChI=1S/C28H29NO6/c1-19(27(31)29-23(18-35-28(29)32)15-20-9-5-3-6-10-20)26(30)22-13-14-24(25(16-22)33-2)34-17-21-11-7-4-8-12-21/h3-14,16,19,23,26,30H,15,17-18H2,1-2H3/t19-,23+,26+/m1/s1. The lowest BCUT2D eigenvalue weighted by atomic mass is 9.95. The predicted molar refractivity (Wildman–Crippen MR) is 130 cm³/mol. The molecule has 4 rings (SSSR count). The van der Waals surface area contributed by atoms with E-state index in [1.807, 2.05) is 60.7 Å². The first-order valence-corrected chi connectivity index (χ1v) is 11.5. The molecule has 1 aliphatic rings. The minimum Gasteiger partial charge on any atom is -0.493 e. The molecule has 2 amide bonds. The molecule has 1 fully saturated rings. The average Bonchev–Trinajstić information content (AvgIpc) is 3.26. The van der Waals surface area contributed by atoms with Gasteiger partial charge in [-0.15, -0.1) is 0 Å². The first-order valence-electron chi connectivity index (χ1n) is 11.5. The van der Waals surface area contributed by atoms with Crippen LogP contribution in [0.1, 0.15) is 29.7 Å². The Kier molecular flexibility index (Phi) is 7.67. The quantitative estimate of drug-likeness (QED) is 0.489. The van der Waals surface area contributed by atoms with Crippen molar-refractivity contribution < 1.29 is 28.9 Å². The highest BCUT2D eigenvalue weighted by Crippen LogP contribution is 2.34. The Morgan fingerprint density at radius 3 is 2.34 bits per heavy atom. The second-order valence-corrected chi connectivity index (χ2v) is 8.55. The van der Waals surface area contributed by atoms with Crippen molar-refractivity contribution in [2.45, 2.75) is 32.1 Å². The molecule has 1 saturated heterocycles. The zero-order chi connectivity index (χ0) is 24.8. The van der Waals surface area contributed by atoms with Gasteiger partial charge < -0.3 is 19.3 Å². The molecule has 1 aliphatic heterocycles. The van der Waals surface area contributed by atoms with Gasteiger partial charge in [0.2, 0.25) is 5.91 Å². The molecule has 0 radical (unpaired) electrons. The summed E-state index contributed by atoms with van der Waals surface area (Å²) in [5, 5.41) is 11.0. The predicted octanol–water partition coefficient (Wildman–Crippen LogP) is 4.53. The Hall–Kier alpha value is -3.84. The van der Waals surface area contributed by atoms with Crippen molar-refractivity contribution in [3.05, 3.63) is 95.6 Å². The fraction of sp³-hybridized carbons (Fsp3) is 0.286. The van der Waals surface area contributed by atoms with Gasteiger partial charge in [-0.2, -0.15) is 0 Å². The summed E-state index contributed by atoms with van der Waals surface area (Å²) in [6.07, 6.45) is -1.34. The summed E-state index contributed by atoms with van der Waals surface area (Å²) >= 11 is 0. The smallest absolute Gasteiger partial charge is 0.416 e.